The van der Waals surface area contributed by atoms with Crippen LogP contribution in [0.25, 0.3) is 0 Å². The highest BCUT2D eigenvalue weighted by molar-refractivity contribution is 5.92. The molecule has 2 N–H and O–H groups in total. The van der Waals surface area contributed by atoms with Gasteiger partial charge in [0.05, 0.1) is 11.4 Å². The van der Waals surface area contributed by atoms with Crippen LogP contribution in [0, 0.1) is 17.7 Å². The van der Waals surface area contributed by atoms with E-state index in [2.05, 4.69) is 41.9 Å². The van der Waals surface area contributed by atoms with Crippen LogP contribution in [0.1, 0.15) is 50.0 Å². The molecule has 0 spiro atoms. The Kier molecular flexibility index (Phi) is 5.75. The predicted molar refractivity (Wildman–Crippen MR) is 127 cm³/mol. The van der Waals surface area contributed by atoms with Crippen LogP contribution in [0.3, 0.4) is 0 Å². The van der Waals surface area contributed by atoms with Gasteiger partial charge in [0.1, 0.15) is 11.5 Å². The molecule has 2 aliphatic carbocycles. The van der Waals surface area contributed by atoms with Crippen molar-refractivity contribution in [3.8, 4) is 0 Å². The molecule has 5 nitrogen and oxygen atoms in total. The average molecular weight is 445 g/mol. The number of hydrazine groups is 1. The fourth-order valence-electron chi connectivity index (χ4n) is 5.39. The maximum Gasteiger partial charge on any atom is 0.270 e. The Labute approximate surface area is 194 Å². The molecule has 33 heavy (non-hydrogen) atoms. The molecule has 1 aliphatic heterocycles. The number of anilines is 1. The van der Waals surface area contributed by atoms with E-state index in [0.717, 1.165) is 37.1 Å². The second-order valence-electron chi connectivity index (χ2n) is 9.04. The molecular weight excluding hydrogens is 415 g/mol. The van der Waals surface area contributed by atoms with E-state index in [0.29, 0.717) is 17.5 Å². The van der Waals surface area contributed by atoms with E-state index in [1.165, 1.54) is 28.9 Å². The Balaban J connectivity index is 1.34. The fourth-order valence-corrected chi connectivity index (χ4v) is 5.39. The summed E-state index contributed by atoms with van der Waals surface area (Å²) in [5.74, 6) is 0.407. The largest absolute Gasteiger partial charge is 0.348 e. The van der Waals surface area contributed by atoms with Crippen molar-refractivity contribution < 1.29 is 9.18 Å². The highest BCUT2D eigenvalue weighted by atomic mass is 19.1. The summed E-state index contributed by atoms with van der Waals surface area (Å²) in [5, 5.41) is 5.23. The summed E-state index contributed by atoms with van der Waals surface area (Å²) < 4.78 is 13.4. The fraction of sp³-hybridized carbons (Fsp3) is 0.333. The molecule has 1 aromatic carbocycles. The normalized spacial score (nSPS) is 22.2. The number of benzene rings is 1. The van der Waals surface area contributed by atoms with Crippen LogP contribution in [-0.2, 0) is 0 Å². The Morgan fingerprint density at radius 1 is 1.27 bits per heavy atom. The van der Waals surface area contributed by atoms with E-state index < -0.39 is 0 Å². The van der Waals surface area contributed by atoms with Crippen LogP contribution in [0.5, 0.6) is 0 Å². The van der Waals surface area contributed by atoms with Crippen LogP contribution in [0.4, 0.5) is 10.1 Å². The van der Waals surface area contributed by atoms with Crippen molar-refractivity contribution in [2.24, 2.45) is 11.8 Å². The number of hydrogen-bond acceptors (Lipinski definition) is 4. The third-order valence-electron chi connectivity index (χ3n) is 7.08. The first-order chi connectivity index (χ1) is 16.0. The van der Waals surface area contributed by atoms with Crippen molar-refractivity contribution in [2.45, 2.75) is 45.6 Å². The lowest BCUT2D eigenvalue weighted by Gasteiger charge is -2.31. The lowest BCUT2D eigenvalue weighted by Crippen LogP contribution is -2.36. The number of carbonyl (C=O) groups excluding carboxylic acids is 1. The van der Waals surface area contributed by atoms with Gasteiger partial charge in [0, 0.05) is 29.9 Å². The number of amides is 1. The lowest BCUT2D eigenvalue weighted by molar-refractivity contribution is 0.0925. The van der Waals surface area contributed by atoms with E-state index in [-0.39, 0.29) is 17.8 Å². The third kappa shape index (κ3) is 4.06. The van der Waals surface area contributed by atoms with Crippen LogP contribution in [0.15, 0.2) is 83.4 Å². The van der Waals surface area contributed by atoms with Crippen molar-refractivity contribution in [1.82, 2.24) is 15.7 Å². The minimum absolute atomic E-state index is 0.105. The minimum atomic E-state index is -0.235. The van der Waals surface area contributed by atoms with Gasteiger partial charge in [-0.3, -0.25) is 14.8 Å². The van der Waals surface area contributed by atoms with Gasteiger partial charge in [-0.25, -0.2) is 4.39 Å². The predicted octanol–water partition coefficient (Wildman–Crippen LogP) is 5.27. The number of halogens is 1. The molecule has 2 aromatic rings. The number of carbonyl (C=O) groups is 1. The quantitative estimate of drug-likeness (QED) is 0.638. The summed E-state index contributed by atoms with van der Waals surface area (Å²) in [4.78, 5) is 16.8. The molecule has 1 unspecified atom stereocenters. The summed E-state index contributed by atoms with van der Waals surface area (Å²) in [5.41, 5.74) is 10.0. The molecule has 3 atom stereocenters. The molecule has 0 saturated carbocycles. The molecule has 0 fully saturated rings. The highest BCUT2D eigenvalue weighted by Gasteiger charge is 2.38. The number of nitrogens with one attached hydrogen (secondary N) is 2. The number of rotatable bonds is 6. The van der Waals surface area contributed by atoms with Crippen molar-refractivity contribution >= 4 is 11.6 Å². The monoisotopic (exact) mass is 444 g/mol. The molecule has 3 aliphatic rings. The van der Waals surface area contributed by atoms with Crippen LogP contribution >= 0.6 is 0 Å². The van der Waals surface area contributed by atoms with Crippen molar-refractivity contribution in [3.05, 3.63) is 94.9 Å². The molecule has 0 radical (unpaired) electrons. The van der Waals surface area contributed by atoms with Gasteiger partial charge in [-0.1, -0.05) is 25.5 Å². The minimum Gasteiger partial charge on any atom is -0.348 e. The van der Waals surface area contributed by atoms with Gasteiger partial charge in [0.15, 0.2) is 0 Å². The Bertz CT molecular complexity index is 1140. The smallest absolute Gasteiger partial charge is 0.270 e. The highest BCUT2D eigenvalue weighted by Crippen LogP contribution is 2.49. The average Bonchev–Trinajstić information content (AvgIpc) is 3.44. The van der Waals surface area contributed by atoms with Gasteiger partial charge >= 0.3 is 0 Å². The number of fused-ring (bicyclic) bond motifs is 1. The molecule has 1 aromatic heterocycles. The maximum absolute atomic E-state index is 13.4. The van der Waals surface area contributed by atoms with Crippen LogP contribution < -0.4 is 15.8 Å². The van der Waals surface area contributed by atoms with Gasteiger partial charge in [-0.15, -0.1) is 0 Å². The Hall–Kier alpha value is -3.41. The Morgan fingerprint density at radius 3 is 2.82 bits per heavy atom. The Morgan fingerprint density at radius 2 is 2.09 bits per heavy atom. The molecule has 5 rings (SSSR count). The standard InChI is InChI=1S/C27H29FN4O/c1-3-21(31-27(33)24-6-4-5-13-29-24)14-18-7-8-19-15-25-23(17(2)26(18)19)16-30-32(25)22-11-9-20(28)10-12-22/h4-6,9-13,15-18,21,30H,3,7-8,14H2,1-2H3,(H,31,33)/t17-,18+,21?/m0/s1. The molecule has 6 heteroatoms. The zero-order chi connectivity index (χ0) is 22.9. The lowest BCUT2D eigenvalue weighted by atomic mass is 9.78. The first-order valence-electron chi connectivity index (χ1n) is 11.7. The maximum atomic E-state index is 13.4. The second kappa shape index (κ2) is 8.85. The van der Waals surface area contributed by atoms with Crippen molar-refractivity contribution in [1.29, 1.82) is 0 Å². The van der Waals surface area contributed by atoms with Gasteiger partial charge in [0.2, 0.25) is 0 Å². The van der Waals surface area contributed by atoms with Gasteiger partial charge in [-0.2, -0.15) is 0 Å². The number of hydrogen-bond donors (Lipinski definition) is 2. The number of pyridine rings is 1. The van der Waals surface area contributed by atoms with Crippen LogP contribution in [-0.4, -0.2) is 16.9 Å². The number of allylic oxidation sites excluding steroid dienone is 4. The van der Waals surface area contributed by atoms with Gasteiger partial charge in [-0.05, 0) is 79.6 Å². The summed E-state index contributed by atoms with van der Waals surface area (Å²) in [6.45, 7) is 4.40. The number of aromatic nitrogens is 1. The van der Waals surface area contributed by atoms with Crippen molar-refractivity contribution in [2.75, 3.05) is 5.01 Å². The zero-order valence-electron chi connectivity index (χ0n) is 19.0. The van der Waals surface area contributed by atoms with E-state index in [9.17, 15) is 9.18 Å². The number of nitrogens with zero attached hydrogens (tertiary/aromatic N) is 2. The van der Waals surface area contributed by atoms with E-state index >= 15 is 0 Å². The molecule has 0 saturated heterocycles. The van der Waals surface area contributed by atoms with E-state index in [4.69, 9.17) is 0 Å². The van der Waals surface area contributed by atoms with E-state index in [1.807, 2.05) is 17.1 Å². The SMILES string of the molecule is CCC(C[C@H]1CCC2=C1[C@@H](C)C1=CNN(c3ccc(F)cc3)C1=C2)NC(=O)c1ccccn1. The topological polar surface area (TPSA) is 57.3 Å². The molecule has 170 valence electrons. The molecule has 2 heterocycles. The second-order valence-corrected chi connectivity index (χ2v) is 9.04. The molecule has 1 amide bonds. The molecular formula is C27H29FN4O. The van der Waals surface area contributed by atoms with Gasteiger partial charge in [0.25, 0.3) is 5.91 Å². The van der Waals surface area contributed by atoms with E-state index in [1.54, 1.807) is 24.4 Å². The summed E-state index contributed by atoms with van der Waals surface area (Å²) >= 11 is 0. The summed E-state index contributed by atoms with van der Waals surface area (Å²) in [6, 6.07) is 12.1. The summed E-state index contributed by atoms with van der Waals surface area (Å²) in [7, 11) is 0. The third-order valence-corrected chi connectivity index (χ3v) is 7.08. The van der Waals surface area contributed by atoms with Gasteiger partial charge < -0.3 is 10.7 Å². The van der Waals surface area contributed by atoms with Crippen LogP contribution in [0.2, 0.25) is 0 Å². The summed E-state index contributed by atoms with van der Waals surface area (Å²) in [6.07, 6.45) is 9.97. The zero-order valence-corrected chi connectivity index (χ0v) is 19.0. The first kappa shape index (κ1) is 21.4. The molecule has 0 bridgehead atoms. The first-order valence-corrected chi connectivity index (χ1v) is 11.7. The van der Waals surface area contributed by atoms with Crippen molar-refractivity contribution in [3.63, 3.8) is 0 Å².